The topological polar surface area (TPSA) is 80.3 Å². The van der Waals surface area contributed by atoms with Crippen LogP contribution >= 0.6 is 0 Å². The largest absolute Gasteiger partial charge is 0.496 e. The van der Waals surface area contributed by atoms with E-state index in [-0.39, 0.29) is 5.84 Å². The molecule has 0 amide bonds. The monoisotopic (exact) mass is 281 g/mol. The maximum Gasteiger partial charge on any atom is 0.170 e. The van der Waals surface area contributed by atoms with Crippen LogP contribution in [0.5, 0.6) is 5.75 Å². The maximum absolute atomic E-state index is 8.74. The van der Waals surface area contributed by atoms with Crippen molar-refractivity contribution in [1.82, 2.24) is 4.90 Å². The van der Waals surface area contributed by atoms with Crippen molar-refractivity contribution in [2.75, 3.05) is 34.4 Å². The molecule has 0 spiro atoms. The summed E-state index contributed by atoms with van der Waals surface area (Å²) in [6.45, 7) is 2.38. The highest BCUT2D eigenvalue weighted by Gasteiger charge is 2.09. The lowest BCUT2D eigenvalue weighted by Crippen LogP contribution is -2.21. The van der Waals surface area contributed by atoms with Crippen molar-refractivity contribution in [2.24, 2.45) is 10.9 Å². The molecule has 20 heavy (non-hydrogen) atoms. The van der Waals surface area contributed by atoms with Crippen LogP contribution in [0.1, 0.15) is 17.5 Å². The number of oxime groups is 1. The van der Waals surface area contributed by atoms with E-state index < -0.39 is 0 Å². The minimum atomic E-state index is 0.0935. The highest BCUT2D eigenvalue weighted by Crippen LogP contribution is 2.21. The number of amidine groups is 1. The fourth-order valence-corrected chi connectivity index (χ4v) is 1.97. The van der Waals surface area contributed by atoms with Crippen LogP contribution in [0.15, 0.2) is 23.4 Å². The molecule has 0 aliphatic heterocycles. The minimum absolute atomic E-state index is 0.0935. The molecule has 0 saturated carbocycles. The molecule has 0 heterocycles. The van der Waals surface area contributed by atoms with Crippen LogP contribution in [0.25, 0.3) is 0 Å². The first kappa shape index (κ1) is 16.3. The van der Waals surface area contributed by atoms with Crippen LogP contribution < -0.4 is 10.5 Å². The lowest BCUT2D eigenvalue weighted by Gasteiger charge is -2.18. The Balaban J connectivity index is 2.80. The van der Waals surface area contributed by atoms with Gasteiger partial charge in [-0.25, -0.2) is 0 Å². The van der Waals surface area contributed by atoms with Crippen molar-refractivity contribution in [2.45, 2.75) is 13.0 Å². The summed E-state index contributed by atoms with van der Waals surface area (Å²) in [5.41, 5.74) is 7.28. The number of benzene rings is 1. The van der Waals surface area contributed by atoms with E-state index in [9.17, 15) is 0 Å². The molecule has 0 aliphatic rings. The first-order chi connectivity index (χ1) is 9.62. The summed E-state index contributed by atoms with van der Waals surface area (Å²) in [6.07, 6.45) is 0.968. The molecule has 0 fully saturated rings. The summed E-state index contributed by atoms with van der Waals surface area (Å²) in [6, 6.07) is 5.47. The smallest absolute Gasteiger partial charge is 0.170 e. The Kier molecular flexibility index (Phi) is 6.83. The molecular formula is C14H23N3O3. The Bertz CT molecular complexity index is 449. The molecule has 0 radical (unpaired) electrons. The molecule has 0 unspecified atom stereocenters. The number of nitrogens with zero attached hydrogens (tertiary/aromatic N) is 2. The molecule has 0 aromatic heterocycles. The Morgan fingerprint density at radius 1 is 1.40 bits per heavy atom. The number of hydrogen-bond acceptors (Lipinski definition) is 5. The van der Waals surface area contributed by atoms with E-state index in [0.29, 0.717) is 5.56 Å². The molecule has 1 aromatic carbocycles. The Hall–Kier alpha value is -1.79. The zero-order valence-electron chi connectivity index (χ0n) is 12.3. The number of ether oxygens (including phenoxy) is 2. The molecule has 6 heteroatoms. The van der Waals surface area contributed by atoms with Gasteiger partial charge in [0.1, 0.15) is 5.75 Å². The van der Waals surface area contributed by atoms with Gasteiger partial charge in [-0.05, 0) is 31.7 Å². The standard InChI is InChI=1S/C14H23N3O3/c1-17(7-4-8-19-2)10-12-9-11(14(15)16-18)5-6-13(12)20-3/h5-6,9,18H,4,7-8,10H2,1-3H3,(H2,15,16). The van der Waals surface area contributed by atoms with Gasteiger partial charge < -0.3 is 25.3 Å². The fourth-order valence-electron chi connectivity index (χ4n) is 1.97. The second-order valence-electron chi connectivity index (χ2n) is 4.60. The summed E-state index contributed by atoms with van der Waals surface area (Å²) in [5, 5.41) is 11.8. The average molecular weight is 281 g/mol. The molecule has 0 saturated heterocycles. The summed E-state index contributed by atoms with van der Waals surface area (Å²) >= 11 is 0. The van der Waals surface area contributed by atoms with Crippen LogP contribution in [0.4, 0.5) is 0 Å². The molecular weight excluding hydrogens is 258 g/mol. The molecule has 1 rings (SSSR count). The summed E-state index contributed by atoms with van der Waals surface area (Å²) in [5.74, 6) is 0.883. The SMILES string of the molecule is COCCCN(C)Cc1cc(/C(N)=N/O)ccc1OC. The number of hydrogen-bond donors (Lipinski definition) is 2. The van der Waals surface area contributed by atoms with Gasteiger partial charge in [-0.3, -0.25) is 0 Å². The Labute approximate surface area is 119 Å². The van der Waals surface area contributed by atoms with E-state index in [0.717, 1.165) is 37.4 Å². The number of methoxy groups -OCH3 is 2. The van der Waals surface area contributed by atoms with Crippen molar-refractivity contribution in [3.8, 4) is 5.75 Å². The maximum atomic E-state index is 8.74. The van der Waals surface area contributed by atoms with E-state index in [2.05, 4.69) is 10.1 Å². The summed E-state index contributed by atoms with van der Waals surface area (Å²) < 4.78 is 10.4. The molecule has 112 valence electrons. The van der Waals surface area contributed by atoms with Gasteiger partial charge in [-0.1, -0.05) is 5.16 Å². The fraction of sp³-hybridized carbons (Fsp3) is 0.500. The molecule has 0 aliphatic carbocycles. The summed E-state index contributed by atoms with van der Waals surface area (Å²) in [7, 11) is 5.36. The first-order valence-electron chi connectivity index (χ1n) is 6.44. The number of rotatable bonds is 8. The van der Waals surface area contributed by atoms with Gasteiger partial charge in [0, 0.05) is 37.9 Å². The number of nitrogens with two attached hydrogens (primary N) is 1. The van der Waals surface area contributed by atoms with Gasteiger partial charge in [0.05, 0.1) is 7.11 Å². The van der Waals surface area contributed by atoms with E-state index in [1.165, 1.54) is 0 Å². The van der Waals surface area contributed by atoms with Crippen molar-refractivity contribution in [3.63, 3.8) is 0 Å². The second-order valence-corrected chi connectivity index (χ2v) is 4.60. The van der Waals surface area contributed by atoms with Gasteiger partial charge in [0.15, 0.2) is 5.84 Å². The lowest BCUT2D eigenvalue weighted by molar-refractivity contribution is 0.178. The van der Waals surface area contributed by atoms with Crippen LogP contribution in [0.2, 0.25) is 0 Å². The third-order valence-electron chi connectivity index (χ3n) is 3.01. The van der Waals surface area contributed by atoms with Crippen LogP contribution in [-0.4, -0.2) is 50.4 Å². The first-order valence-corrected chi connectivity index (χ1v) is 6.44. The predicted molar refractivity (Wildman–Crippen MR) is 78.3 cm³/mol. The van der Waals surface area contributed by atoms with Crippen LogP contribution in [0.3, 0.4) is 0 Å². The zero-order chi connectivity index (χ0) is 15.0. The molecule has 1 aromatic rings. The van der Waals surface area contributed by atoms with Crippen LogP contribution in [-0.2, 0) is 11.3 Å². The van der Waals surface area contributed by atoms with Gasteiger partial charge in [-0.15, -0.1) is 0 Å². The average Bonchev–Trinajstić information content (AvgIpc) is 2.46. The minimum Gasteiger partial charge on any atom is -0.496 e. The van der Waals surface area contributed by atoms with Gasteiger partial charge in [-0.2, -0.15) is 0 Å². The lowest BCUT2D eigenvalue weighted by atomic mass is 10.1. The zero-order valence-corrected chi connectivity index (χ0v) is 12.3. The van der Waals surface area contributed by atoms with Crippen molar-refractivity contribution >= 4 is 5.84 Å². The van der Waals surface area contributed by atoms with Crippen LogP contribution in [0, 0.1) is 0 Å². The van der Waals surface area contributed by atoms with E-state index in [4.69, 9.17) is 20.4 Å². The molecule has 0 atom stereocenters. The van der Waals surface area contributed by atoms with Crippen molar-refractivity contribution < 1.29 is 14.7 Å². The molecule has 0 bridgehead atoms. The highest BCUT2D eigenvalue weighted by atomic mass is 16.5. The Morgan fingerprint density at radius 2 is 2.15 bits per heavy atom. The highest BCUT2D eigenvalue weighted by molar-refractivity contribution is 5.97. The van der Waals surface area contributed by atoms with E-state index in [1.807, 2.05) is 19.2 Å². The molecule has 6 nitrogen and oxygen atoms in total. The van der Waals surface area contributed by atoms with Crippen molar-refractivity contribution in [1.29, 1.82) is 0 Å². The Morgan fingerprint density at radius 3 is 2.75 bits per heavy atom. The predicted octanol–water partition coefficient (Wildman–Crippen LogP) is 1.26. The summed E-state index contributed by atoms with van der Waals surface area (Å²) in [4.78, 5) is 2.17. The normalized spacial score (nSPS) is 11.9. The van der Waals surface area contributed by atoms with Crippen molar-refractivity contribution in [3.05, 3.63) is 29.3 Å². The van der Waals surface area contributed by atoms with Gasteiger partial charge >= 0.3 is 0 Å². The van der Waals surface area contributed by atoms with E-state index >= 15 is 0 Å². The third-order valence-corrected chi connectivity index (χ3v) is 3.01. The quantitative estimate of drug-likeness (QED) is 0.246. The molecule has 3 N–H and O–H groups in total. The van der Waals surface area contributed by atoms with Gasteiger partial charge in [0.2, 0.25) is 0 Å². The third kappa shape index (κ3) is 4.71. The van der Waals surface area contributed by atoms with Gasteiger partial charge in [0.25, 0.3) is 0 Å². The van der Waals surface area contributed by atoms with E-state index in [1.54, 1.807) is 20.3 Å². The second kappa shape index (κ2) is 8.39.